The number of anilines is 1. The number of aliphatic carboxylic acids is 2. The Bertz CT molecular complexity index is 2520. The maximum Gasteiger partial charge on any atom is 0.333 e. The summed E-state index contributed by atoms with van der Waals surface area (Å²) in [5.74, 6) is -4.56. The van der Waals surface area contributed by atoms with Crippen LogP contribution in [0.4, 0.5) is 5.69 Å². The van der Waals surface area contributed by atoms with Gasteiger partial charge in [-0.25, -0.2) is 4.79 Å². The number of carbonyl (C=O) groups excluding carboxylic acids is 8. The number of nitrogens with zero attached hydrogens (tertiary/aromatic N) is 1. The van der Waals surface area contributed by atoms with Gasteiger partial charge in [0.1, 0.15) is 45.7 Å². The highest BCUT2D eigenvalue weighted by molar-refractivity contribution is 6.21. The number of esters is 6. The highest BCUT2D eigenvalue weighted by Gasteiger charge is 2.43. The van der Waals surface area contributed by atoms with Crippen LogP contribution in [0.15, 0.2) is 72.8 Å². The smallest absolute Gasteiger partial charge is 0.333 e. The van der Waals surface area contributed by atoms with E-state index in [1.165, 1.54) is 24.7 Å². The first-order valence-corrected chi connectivity index (χ1v) is 32.1. The van der Waals surface area contributed by atoms with E-state index < -0.39 is 46.2 Å². The molecule has 4 atom stereocenters. The number of unbranched alkanes of at least 4 members (excludes halogenated alkanes) is 1. The molecule has 0 aromatic heterocycles. The lowest BCUT2D eigenvalue weighted by atomic mass is 9.91. The van der Waals surface area contributed by atoms with Gasteiger partial charge in [0.15, 0.2) is 0 Å². The Hall–Kier alpha value is -7.00. The molecular weight excluding hydrogens is 1190 g/mol. The molecule has 2 amide bonds. The highest BCUT2D eigenvalue weighted by Crippen LogP contribution is 2.30. The van der Waals surface area contributed by atoms with Crippen molar-refractivity contribution in [1.29, 1.82) is 0 Å². The zero-order chi connectivity index (χ0) is 71.6. The van der Waals surface area contributed by atoms with Crippen LogP contribution in [-0.2, 0) is 87.7 Å². The molecule has 1 heterocycles. The van der Waals surface area contributed by atoms with E-state index in [4.69, 9.17) is 43.4 Å². The van der Waals surface area contributed by atoms with Crippen molar-refractivity contribution >= 4 is 65.3 Å². The van der Waals surface area contributed by atoms with Crippen LogP contribution in [0, 0.1) is 38.9 Å². The number of aliphatic hydroxyl groups is 1. The molecule has 4 unspecified atom stereocenters. The van der Waals surface area contributed by atoms with Crippen molar-refractivity contribution in [3.05, 3.63) is 78.4 Å². The molecule has 92 heavy (non-hydrogen) atoms. The van der Waals surface area contributed by atoms with Gasteiger partial charge in [0.25, 0.3) is 0 Å². The second-order valence-electron chi connectivity index (χ2n) is 25.5. The summed E-state index contributed by atoms with van der Waals surface area (Å²) in [5, 5.41) is 26.3. The van der Waals surface area contributed by atoms with E-state index in [-0.39, 0.29) is 103 Å². The summed E-state index contributed by atoms with van der Waals surface area (Å²) >= 11 is 0. The van der Waals surface area contributed by atoms with Gasteiger partial charge in [0.2, 0.25) is 11.8 Å². The second-order valence-corrected chi connectivity index (χ2v) is 25.5. The molecule has 2 aromatic rings. The van der Waals surface area contributed by atoms with Crippen molar-refractivity contribution < 1.29 is 96.4 Å². The van der Waals surface area contributed by atoms with Gasteiger partial charge < -0.3 is 48.5 Å². The fraction of sp³-hybridized carbons (Fsp3) is 0.662. The number of benzene rings is 2. The molecule has 1 fully saturated rings. The zero-order valence-electron chi connectivity index (χ0n) is 59.2. The monoisotopic (exact) mass is 1300 g/mol. The van der Waals surface area contributed by atoms with Gasteiger partial charge in [-0.3, -0.25) is 48.1 Å². The number of para-hydroxylation sites is 1. The van der Waals surface area contributed by atoms with Crippen molar-refractivity contribution in [2.45, 2.75) is 228 Å². The second kappa shape index (κ2) is 46.1. The molecule has 1 saturated heterocycles. The molecule has 0 aliphatic carbocycles. The summed E-state index contributed by atoms with van der Waals surface area (Å²) in [5.41, 5.74) is -0.476. The Morgan fingerprint density at radius 3 is 1.30 bits per heavy atom. The number of aliphatic hydroxyl groups excluding tert-OH is 1. The summed E-state index contributed by atoms with van der Waals surface area (Å²) in [7, 11) is 0. The molecular formula is C71H115NO20. The lowest BCUT2D eigenvalue weighted by molar-refractivity contribution is -0.159. The molecule has 21 heteroatoms. The number of carboxylic acids is 2. The fourth-order valence-electron chi connectivity index (χ4n) is 6.28. The molecule has 0 spiro atoms. The minimum atomic E-state index is -1.05. The largest absolute Gasteiger partial charge is 0.481 e. The van der Waals surface area contributed by atoms with Crippen LogP contribution in [-0.4, -0.2) is 127 Å². The van der Waals surface area contributed by atoms with Gasteiger partial charge in [0, 0.05) is 17.4 Å². The Morgan fingerprint density at radius 1 is 0.533 bits per heavy atom. The summed E-state index contributed by atoms with van der Waals surface area (Å²) in [6.07, 6.45) is 6.93. The first-order chi connectivity index (χ1) is 42.7. The van der Waals surface area contributed by atoms with Crippen molar-refractivity contribution in [3.63, 3.8) is 0 Å². The van der Waals surface area contributed by atoms with Crippen LogP contribution in [0.5, 0.6) is 0 Å². The number of hydrogen-bond donors (Lipinski definition) is 3. The summed E-state index contributed by atoms with van der Waals surface area (Å²) < 4.78 is 35.5. The number of carboxylic acid groups (broad SMARTS) is 2. The van der Waals surface area contributed by atoms with Gasteiger partial charge >= 0.3 is 47.8 Å². The number of carbonyl (C=O) groups is 10. The summed E-state index contributed by atoms with van der Waals surface area (Å²) in [4.78, 5) is 114. The fourth-order valence-corrected chi connectivity index (χ4v) is 6.28. The minimum absolute atomic E-state index is 0.0128. The first-order valence-electron chi connectivity index (χ1n) is 32.1. The van der Waals surface area contributed by atoms with E-state index in [2.05, 4.69) is 20.4 Å². The van der Waals surface area contributed by atoms with Crippen LogP contribution >= 0.6 is 0 Å². The van der Waals surface area contributed by atoms with Gasteiger partial charge in [-0.1, -0.05) is 130 Å². The molecule has 1 aliphatic rings. The minimum Gasteiger partial charge on any atom is -0.481 e. The van der Waals surface area contributed by atoms with E-state index in [1.807, 2.05) is 111 Å². The zero-order valence-corrected chi connectivity index (χ0v) is 59.2. The van der Waals surface area contributed by atoms with E-state index in [0.29, 0.717) is 50.9 Å². The third-order valence-electron chi connectivity index (χ3n) is 15.7. The van der Waals surface area contributed by atoms with Crippen LogP contribution in [0.3, 0.4) is 0 Å². The van der Waals surface area contributed by atoms with Crippen LogP contribution in [0.25, 0.3) is 0 Å². The number of amides is 2. The van der Waals surface area contributed by atoms with E-state index in [1.54, 1.807) is 67.5 Å². The molecule has 1 aliphatic heterocycles. The standard InChI is InChI=1S/C15H30O3.C13H22O5.C13H18O2.C12H13NO2.C12H20O6.C6H12O2/c1-6-9-10-13(7-2)17-11-12-18-14(16)15(4,5)8-3;1-6-13(4,5)12(16)18-8-10(14)7-17-11(15)9(2)3;1-4-13(2,3)12(14)15-10-11-8-6-5-7-9-11;1-8-9(2)12(15)13(11(8)14)10-6-4-3-5-7-10;1-4-12(2,3)11(16)18-8-7-17-10(15)6-5-9(13)14;1-4-6(2,3)5(7)8/h13H,6-12H2,1-5H3;10,14H,2,6-8H2,1,3-5H3;5-9H,4,10H2,1-3H3;3-9H,1-2H3;4-8H2,1-3H3,(H,13,14);4H2,1-3H3,(H,7,8). The van der Waals surface area contributed by atoms with E-state index in [9.17, 15) is 53.1 Å². The predicted octanol–water partition coefficient (Wildman–Crippen LogP) is 13.3. The first kappa shape index (κ1) is 89.2. The summed E-state index contributed by atoms with van der Waals surface area (Å²) in [6, 6.07) is 18.8. The Kier molecular flexibility index (Phi) is 44.7. The molecule has 0 bridgehead atoms. The lowest BCUT2D eigenvalue weighted by Gasteiger charge is -2.21. The van der Waals surface area contributed by atoms with Crippen LogP contribution in [0.2, 0.25) is 0 Å². The Labute approximate surface area is 549 Å². The Balaban J connectivity index is -0.00000105. The molecule has 0 radical (unpaired) electrons. The molecule has 524 valence electrons. The normalized spacial score (nSPS) is 14.3. The maximum atomic E-state index is 11.8. The molecule has 2 aromatic carbocycles. The van der Waals surface area contributed by atoms with Crippen molar-refractivity contribution in [2.24, 2.45) is 38.9 Å². The van der Waals surface area contributed by atoms with Gasteiger partial charge in [-0.2, -0.15) is 0 Å². The van der Waals surface area contributed by atoms with Crippen LogP contribution in [0.1, 0.15) is 215 Å². The van der Waals surface area contributed by atoms with Crippen molar-refractivity contribution in [1.82, 2.24) is 0 Å². The number of imide groups is 1. The molecule has 3 rings (SSSR count). The number of rotatable bonds is 32. The molecule has 0 saturated carbocycles. The predicted molar refractivity (Wildman–Crippen MR) is 354 cm³/mol. The van der Waals surface area contributed by atoms with Gasteiger partial charge in [-0.05, 0) is 139 Å². The third-order valence-corrected chi connectivity index (χ3v) is 15.7. The summed E-state index contributed by atoms with van der Waals surface area (Å²) in [6.45, 7) is 41.4. The van der Waals surface area contributed by atoms with Crippen molar-refractivity contribution in [2.75, 3.05) is 44.5 Å². The number of ether oxygens (including phenoxy) is 7. The maximum absolute atomic E-state index is 11.8. The van der Waals surface area contributed by atoms with Crippen LogP contribution < -0.4 is 4.90 Å². The SMILES string of the molecule is C=C(C)C(=O)OCC(O)COC(=O)C(C)(C)CC.CC1C(=O)N(c2ccccc2)C(=O)C1C.CCC(C)(C)C(=O)O.CCC(C)(C)C(=O)OCCOC(=O)CCC(=O)O.CCC(C)(C)C(=O)OCc1ccccc1.CCCCC(CC)OCCOC(=O)C(C)(C)CC. The average molecular weight is 1300 g/mol. The van der Waals surface area contributed by atoms with Gasteiger partial charge in [0.05, 0.1) is 58.3 Å². The Morgan fingerprint density at radius 2 is 0.924 bits per heavy atom. The van der Waals surface area contributed by atoms with E-state index >= 15 is 0 Å². The average Bonchev–Trinajstić information content (AvgIpc) is 1.74. The molecule has 21 nitrogen and oxygen atoms in total. The van der Waals surface area contributed by atoms with E-state index in [0.717, 1.165) is 31.2 Å². The lowest BCUT2D eigenvalue weighted by Crippen LogP contribution is -2.31. The topological polar surface area (TPSA) is 299 Å². The highest BCUT2D eigenvalue weighted by atomic mass is 16.6. The molecule has 3 N–H and O–H groups in total. The van der Waals surface area contributed by atoms with Gasteiger partial charge in [-0.15, -0.1) is 0 Å². The quantitative estimate of drug-likeness (QED) is 0.0201. The third kappa shape index (κ3) is 37.5. The van der Waals surface area contributed by atoms with Crippen molar-refractivity contribution in [3.8, 4) is 0 Å². The number of hydrogen-bond acceptors (Lipinski definition) is 18.